The van der Waals surface area contributed by atoms with Crippen molar-refractivity contribution in [2.75, 3.05) is 19.7 Å². The third-order valence-corrected chi connectivity index (χ3v) is 4.71. The van der Waals surface area contributed by atoms with Crippen LogP contribution in [0.2, 0.25) is 0 Å². The number of rotatable bonds is 4. The summed E-state index contributed by atoms with van der Waals surface area (Å²) in [4.78, 5) is 8.98. The molecule has 0 radical (unpaired) electrons. The van der Waals surface area contributed by atoms with Crippen molar-refractivity contribution in [1.29, 1.82) is 0 Å². The molecule has 0 saturated carbocycles. The molecule has 1 N–H and O–H groups in total. The standard InChI is InChI=1S/C20H19N5O2.ClH/c1-2-7-17-16(6-1)22-13-25(17)12-14-4-3-5-15(10-14)19-23-20(27-24-19)18-11-21-8-9-26-18;/h1-7,10,13,18,21H,8-9,11-12H2;1H/t18-;/m0./s1. The van der Waals surface area contributed by atoms with Crippen molar-refractivity contribution in [1.82, 2.24) is 25.0 Å². The summed E-state index contributed by atoms with van der Waals surface area (Å²) in [5.74, 6) is 1.10. The van der Waals surface area contributed by atoms with Crippen molar-refractivity contribution in [3.63, 3.8) is 0 Å². The summed E-state index contributed by atoms with van der Waals surface area (Å²) in [6.07, 6.45) is 1.69. The average Bonchev–Trinajstić information content (AvgIpc) is 3.37. The van der Waals surface area contributed by atoms with E-state index in [1.807, 2.05) is 36.7 Å². The first-order valence-electron chi connectivity index (χ1n) is 9.02. The number of aromatic nitrogens is 4. The molecule has 2 aromatic heterocycles. The molecule has 0 unspecified atom stereocenters. The van der Waals surface area contributed by atoms with Gasteiger partial charge in [-0.3, -0.25) is 0 Å². The van der Waals surface area contributed by atoms with E-state index in [2.05, 4.69) is 43.2 Å². The van der Waals surface area contributed by atoms with Crippen LogP contribution in [0, 0.1) is 0 Å². The van der Waals surface area contributed by atoms with Gasteiger partial charge in [0.05, 0.1) is 24.0 Å². The van der Waals surface area contributed by atoms with E-state index in [1.165, 1.54) is 0 Å². The molecule has 0 aliphatic carbocycles. The Balaban J connectivity index is 0.00000192. The van der Waals surface area contributed by atoms with E-state index in [4.69, 9.17) is 9.26 Å². The minimum absolute atomic E-state index is 0. The Morgan fingerprint density at radius 2 is 2.07 bits per heavy atom. The highest BCUT2D eigenvalue weighted by Gasteiger charge is 2.22. The van der Waals surface area contributed by atoms with Gasteiger partial charge >= 0.3 is 0 Å². The van der Waals surface area contributed by atoms with Gasteiger partial charge in [-0.15, -0.1) is 12.4 Å². The highest BCUT2D eigenvalue weighted by Crippen LogP contribution is 2.23. The van der Waals surface area contributed by atoms with E-state index < -0.39 is 0 Å². The van der Waals surface area contributed by atoms with Crippen LogP contribution in [0.1, 0.15) is 17.6 Å². The number of ether oxygens (including phenoxy) is 1. The fourth-order valence-electron chi connectivity index (χ4n) is 3.35. The SMILES string of the molecule is Cl.c1cc(Cn2cnc3ccccc32)cc(-c2noc([C@@H]3CNCCO3)n2)c1. The molecular weight excluding hydrogens is 378 g/mol. The Kier molecular flexibility index (Phi) is 5.38. The molecule has 28 heavy (non-hydrogen) atoms. The lowest BCUT2D eigenvalue weighted by Crippen LogP contribution is -2.33. The third kappa shape index (κ3) is 3.64. The molecule has 5 rings (SSSR count). The molecule has 0 amide bonds. The number of hydrogen-bond acceptors (Lipinski definition) is 6. The normalized spacial score (nSPS) is 16.8. The zero-order chi connectivity index (χ0) is 18.1. The van der Waals surface area contributed by atoms with Gasteiger partial charge in [0, 0.05) is 25.2 Å². The Labute approximate surface area is 168 Å². The topological polar surface area (TPSA) is 78.0 Å². The monoisotopic (exact) mass is 397 g/mol. The van der Waals surface area contributed by atoms with E-state index in [0.29, 0.717) is 24.9 Å². The summed E-state index contributed by atoms with van der Waals surface area (Å²) in [5.41, 5.74) is 4.19. The van der Waals surface area contributed by atoms with Crippen molar-refractivity contribution in [3.05, 3.63) is 66.3 Å². The average molecular weight is 398 g/mol. The molecular formula is C20H20ClN5O2. The maximum atomic E-state index is 5.68. The summed E-state index contributed by atoms with van der Waals surface area (Å²) in [6, 6.07) is 16.3. The Morgan fingerprint density at radius 1 is 1.14 bits per heavy atom. The van der Waals surface area contributed by atoms with Gasteiger partial charge in [0.25, 0.3) is 5.89 Å². The number of benzene rings is 2. The second-order valence-electron chi connectivity index (χ2n) is 6.58. The first-order chi connectivity index (χ1) is 13.4. The number of nitrogens with one attached hydrogen (secondary N) is 1. The molecule has 4 aromatic rings. The second-order valence-corrected chi connectivity index (χ2v) is 6.58. The largest absolute Gasteiger partial charge is 0.366 e. The predicted octanol–water partition coefficient (Wildman–Crippen LogP) is 3.22. The van der Waals surface area contributed by atoms with Crippen molar-refractivity contribution < 1.29 is 9.26 Å². The van der Waals surface area contributed by atoms with Crippen LogP contribution in [0.5, 0.6) is 0 Å². The lowest BCUT2D eigenvalue weighted by molar-refractivity contribution is 0.00755. The van der Waals surface area contributed by atoms with Crippen LogP contribution in [0.3, 0.4) is 0 Å². The summed E-state index contributed by atoms with van der Waals surface area (Å²) >= 11 is 0. The molecule has 2 aromatic carbocycles. The van der Waals surface area contributed by atoms with Crippen LogP contribution in [0.4, 0.5) is 0 Å². The Morgan fingerprint density at radius 3 is 2.96 bits per heavy atom. The van der Waals surface area contributed by atoms with E-state index >= 15 is 0 Å². The minimum atomic E-state index is -0.180. The number of hydrogen-bond donors (Lipinski definition) is 1. The van der Waals surface area contributed by atoms with Crippen LogP contribution in [-0.2, 0) is 11.3 Å². The lowest BCUT2D eigenvalue weighted by atomic mass is 10.1. The maximum absolute atomic E-state index is 5.68. The number of nitrogens with zero attached hydrogens (tertiary/aromatic N) is 4. The van der Waals surface area contributed by atoms with Gasteiger partial charge in [-0.05, 0) is 23.8 Å². The lowest BCUT2D eigenvalue weighted by Gasteiger charge is -2.19. The smallest absolute Gasteiger partial charge is 0.257 e. The first kappa shape index (κ1) is 18.6. The van der Waals surface area contributed by atoms with Crippen molar-refractivity contribution in [3.8, 4) is 11.4 Å². The van der Waals surface area contributed by atoms with Gasteiger partial charge in [-0.25, -0.2) is 4.98 Å². The summed E-state index contributed by atoms with van der Waals surface area (Å²) in [6.45, 7) is 2.92. The van der Waals surface area contributed by atoms with Gasteiger partial charge in [0.15, 0.2) is 0 Å². The fraction of sp³-hybridized carbons (Fsp3) is 0.250. The van der Waals surface area contributed by atoms with Crippen molar-refractivity contribution in [2.24, 2.45) is 0 Å². The van der Waals surface area contributed by atoms with Crippen LogP contribution in [0.15, 0.2) is 59.4 Å². The van der Waals surface area contributed by atoms with Crippen LogP contribution in [0.25, 0.3) is 22.4 Å². The van der Waals surface area contributed by atoms with Gasteiger partial charge in [0.1, 0.15) is 6.10 Å². The van der Waals surface area contributed by atoms with Crippen LogP contribution < -0.4 is 5.32 Å². The van der Waals surface area contributed by atoms with E-state index in [9.17, 15) is 0 Å². The van der Waals surface area contributed by atoms with E-state index in [0.717, 1.165) is 35.2 Å². The molecule has 7 nitrogen and oxygen atoms in total. The highest BCUT2D eigenvalue weighted by atomic mass is 35.5. The van der Waals surface area contributed by atoms with E-state index in [-0.39, 0.29) is 18.5 Å². The summed E-state index contributed by atoms with van der Waals surface area (Å²) in [7, 11) is 0. The van der Waals surface area contributed by atoms with Crippen LogP contribution in [-0.4, -0.2) is 39.4 Å². The van der Waals surface area contributed by atoms with Crippen molar-refractivity contribution in [2.45, 2.75) is 12.6 Å². The van der Waals surface area contributed by atoms with Gasteiger partial charge in [0.2, 0.25) is 5.82 Å². The maximum Gasteiger partial charge on any atom is 0.257 e. The Bertz CT molecular complexity index is 1070. The number of halogens is 1. The predicted molar refractivity (Wildman–Crippen MR) is 107 cm³/mol. The van der Waals surface area contributed by atoms with Gasteiger partial charge in [-0.1, -0.05) is 35.5 Å². The highest BCUT2D eigenvalue weighted by molar-refractivity contribution is 5.85. The quantitative estimate of drug-likeness (QED) is 0.569. The van der Waals surface area contributed by atoms with E-state index in [1.54, 1.807) is 0 Å². The third-order valence-electron chi connectivity index (χ3n) is 4.71. The zero-order valence-corrected chi connectivity index (χ0v) is 15.9. The van der Waals surface area contributed by atoms with Crippen LogP contribution >= 0.6 is 12.4 Å². The molecule has 1 fully saturated rings. The molecule has 0 spiro atoms. The first-order valence-corrected chi connectivity index (χ1v) is 9.02. The molecule has 1 saturated heterocycles. The number of morpholine rings is 1. The summed E-state index contributed by atoms with van der Waals surface area (Å²) in [5, 5.41) is 7.41. The Hall–Kier alpha value is -2.74. The summed E-state index contributed by atoms with van der Waals surface area (Å²) < 4.78 is 13.2. The van der Waals surface area contributed by atoms with Gasteiger partial charge < -0.3 is 19.1 Å². The molecule has 1 atom stereocenters. The second kappa shape index (κ2) is 8.10. The molecule has 144 valence electrons. The zero-order valence-electron chi connectivity index (χ0n) is 15.1. The molecule has 0 bridgehead atoms. The fourth-order valence-corrected chi connectivity index (χ4v) is 3.35. The number of imidazole rings is 1. The van der Waals surface area contributed by atoms with Gasteiger partial charge in [-0.2, -0.15) is 4.98 Å². The molecule has 3 heterocycles. The van der Waals surface area contributed by atoms with Crippen molar-refractivity contribution >= 4 is 23.4 Å². The number of fused-ring (bicyclic) bond motifs is 1. The number of para-hydroxylation sites is 2. The minimum Gasteiger partial charge on any atom is -0.366 e. The molecule has 8 heteroatoms. The molecule has 1 aliphatic rings. The molecule has 1 aliphatic heterocycles.